The molecule has 1 aliphatic carbocycles. The zero-order chi connectivity index (χ0) is 22.3. The number of hydrogen-bond donors (Lipinski definition) is 4. The molecule has 0 radical (unpaired) electrons. The maximum atomic E-state index is 14.2. The molecule has 1 aliphatic rings. The van der Waals surface area contributed by atoms with Crippen molar-refractivity contribution >= 4 is 17.6 Å². The van der Waals surface area contributed by atoms with Gasteiger partial charge in [0.15, 0.2) is 6.19 Å². The molecule has 0 aromatic heterocycles. The fraction of sp³-hybridized carbons (Fsp3) is 0.348. The fourth-order valence-corrected chi connectivity index (χ4v) is 4.20. The summed E-state index contributed by atoms with van der Waals surface area (Å²) in [6, 6.07) is 14.4. The molecule has 7 nitrogen and oxygen atoms in total. The van der Waals surface area contributed by atoms with Gasteiger partial charge in [-0.1, -0.05) is 36.4 Å². The summed E-state index contributed by atoms with van der Waals surface area (Å²) >= 11 is 0. The zero-order valence-corrected chi connectivity index (χ0v) is 17.5. The Labute approximate surface area is 181 Å². The van der Waals surface area contributed by atoms with E-state index in [1.54, 1.807) is 7.05 Å². The monoisotopic (exact) mass is 422 g/mol. The maximum Gasteiger partial charge on any atom is 0.256 e. The SMILES string of the molecule is CN=C(NC#N)NC1CCC(CNC(=O)c2c(N)cccc2F)(c2ccccc2)CC1. The van der Waals surface area contributed by atoms with Crippen molar-refractivity contribution in [1.29, 1.82) is 5.26 Å². The third-order valence-corrected chi connectivity index (χ3v) is 5.93. The van der Waals surface area contributed by atoms with Crippen LogP contribution < -0.4 is 21.7 Å². The van der Waals surface area contributed by atoms with Crippen LogP contribution >= 0.6 is 0 Å². The molecule has 2 aromatic carbocycles. The van der Waals surface area contributed by atoms with Crippen LogP contribution in [0.2, 0.25) is 0 Å². The topological polar surface area (TPSA) is 115 Å². The first kappa shape index (κ1) is 22.1. The molecule has 0 heterocycles. The van der Waals surface area contributed by atoms with Crippen LogP contribution in [0.25, 0.3) is 0 Å². The van der Waals surface area contributed by atoms with E-state index in [9.17, 15) is 9.18 Å². The summed E-state index contributed by atoms with van der Waals surface area (Å²) in [6.07, 6.45) is 5.16. The molecule has 0 atom stereocenters. The molecule has 0 saturated heterocycles. The van der Waals surface area contributed by atoms with Crippen molar-refractivity contribution in [3.8, 4) is 6.19 Å². The van der Waals surface area contributed by atoms with Crippen molar-refractivity contribution in [2.24, 2.45) is 4.99 Å². The molecule has 0 aliphatic heterocycles. The Balaban J connectivity index is 1.75. The zero-order valence-electron chi connectivity index (χ0n) is 17.5. The van der Waals surface area contributed by atoms with Crippen molar-refractivity contribution in [3.05, 3.63) is 65.5 Å². The van der Waals surface area contributed by atoms with Crippen molar-refractivity contribution in [2.45, 2.75) is 37.1 Å². The fourth-order valence-electron chi connectivity index (χ4n) is 4.20. The molecule has 1 fully saturated rings. The number of nitrogens with two attached hydrogens (primary N) is 1. The van der Waals surface area contributed by atoms with Gasteiger partial charge in [0.05, 0.1) is 5.56 Å². The summed E-state index contributed by atoms with van der Waals surface area (Å²) in [4.78, 5) is 16.8. The van der Waals surface area contributed by atoms with Crippen molar-refractivity contribution in [2.75, 3.05) is 19.3 Å². The third-order valence-electron chi connectivity index (χ3n) is 5.93. The molecule has 2 aromatic rings. The molecule has 1 saturated carbocycles. The quantitative estimate of drug-likeness (QED) is 0.194. The van der Waals surface area contributed by atoms with E-state index in [4.69, 9.17) is 11.0 Å². The normalized spacial score (nSPS) is 21.1. The number of carbonyl (C=O) groups is 1. The Kier molecular flexibility index (Phi) is 7.08. The van der Waals surface area contributed by atoms with Crippen molar-refractivity contribution in [1.82, 2.24) is 16.0 Å². The molecule has 1 amide bonds. The third kappa shape index (κ3) is 5.12. The van der Waals surface area contributed by atoms with Gasteiger partial charge in [-0.15, -0.1) is 0 Å². The average molecular weight is 423 g/mol. The van der Waals surface area contributed by atoms with Gasteiger partial charge in [0, 0.05) is 30.7 Å². The van der Waals surface area contributed by atoms with Crippen LogP contribution in [0.4, 0.5) is 10.1 Å². The van der Waals surface area contributed by atoms with Gasteiger partial charge in [-0.2, -0.15) is 5.26 Å². The molecule has 0 spiro atoms. The van der Waals surface area contributed by atoms with E-state index in [1.165, 1.54) is 18.2 Å². The van der Waals surface area contributed by atoms with Crippen LogP contribution in [-0.2, 0) is 5.41 Å². The van der Waals surface area contributed by atoms with Gasteiger partial charge in [-0.25, -0.2) is 4.39 Å². The number of anilines is 1. The minimum absolute atomic E-state index is 0.118. The first-order chi connectivity index (χ1) is 15.0. The predicted octanol–water partition coefficient (Wildman–Crippen LogP) is 2.66. The summed E-state index contributed by atoms with van der Waals surface area (Å²) in [7, 11) is 1.62. The number of rotatable bonds is 5. The van der Waals surface area contributed by atoms with E-state index < -0.39 is 11.7 Å². The molecular weight excluding hydrogens is 395 g/mol. The van der Waals surface area contributed by atoms with E-state index in [2.05, 4.69) is 33.1 Å². The summed E-state index contributed by atoms with van der Waals surface area (Å²) in [5.41, 5.74) is 6.69. The van der Waals surface area contributed by atoms with Crippen LogP contribution in [0.5, 0.6) is 0 Å². The van der Waals surface area contributed by atoms with E-state index in [0.29, 0.717) is 12.5 Å². The number of benzene rings is 2. The molecule has 0 bridgehead atoms. The number of nitrogens with one attached hydrogen (secondary N) is 3. The molecule has 0 unspecified atom stereocenters. The number of carbonyl (C=O) groups excluding carboxylic acids is 1. The number of aliphatic imine (C=N–C) groups is 1. The molecule has 8 heteroatoms. The second-order valence-corrected chi connectivity index (χ2v) is 7.76. The van der Waals surface area contributed by atoms with E-state index in [0.717, 1.165) is 31.2 Å². The number of amides is 1. The molecule has 162 valence electrons. The Morgan fingerprint density at radius 3 is 2.55 bits per heavy atom. The Hall–Kier alpha value is -3.60. The lowest BCUT2D eigenvalue weighted by molar-refractivity contribution is 0.0932. The summed E-state index contributed by atoms with van der Waals surface area (Å²) in [6.45, 7) is 0.376. The van der Waals surface area contributed by atoms with E-state index in [-0.39, 0.29) is 22.7 Å². The average Bonchev–Trinajstić information content (AvgIpc) is 2.79. The minimum atomic E-state index is -0.629. The Morgan fingerprint density at radius 1 is 1.23 bits per heavy atom. The first-order valence-corrected chi connectivity index (χ1v) is 10.3. The lowest BCUT2D eigenvalue weighted by atomic mass is 9.68. The number of nitrogens with zero attached hydrogens (tertiary/aromatic N) is 2. The number of halogens is 1. The van der Waals surface area contributed by atoms with Crippen molar-refractivity contribution < 1.29 is 9.18 Å². The molecule has 31 heavy (non-hydrogen) atoms. The highest BCUT2D eigenvalue weighted by Crippen LogP contribution is 2.39. The number of hydrogen-bond acceptors (Lipinski definition) is 4. The first-order valence-electron chi connectivity index (χ1n) is 10.3. The van der Waals surface area contributed by atoms with Crippen LogP contribution in [0, 0.1) is 17.3 Å². The summed E-state index contributed by atoms with van der Waals surface area (Å²) in [5.74, 6) is -0.691. The van der Waals surface area contributed by atoms with Gasteiger partial charge in [0.2, 0.25) is 5.96 Å². The number of nitriles is 1. The van der Waals surface area contributed by atoms with Gasteiger partial charge in [0.25, 0.3) is 5.91 Å². The lowest BCUT2D eigenvalue weighted by Crippen LogP contribution is -2.49. The van der Waals surface area contributed by atoms with E-state index >= 15 is 0 Å². The van der Waals surface area contributed by atoms with Gasteiger partial charge in [0.1, 0.15) is 5.82 Å². The van der Waals surface area contributed by atoms with Crippen LogP contribution in [0.15, 0.2) is 53.5 Å². The number of nitrogen functional groups attached to an aromatic ring is 1. The summed E-state index contributed by atoms with van der Waals surface area (Å²) in [5, 5.41) is 17.5. The standard InChI is InChI=1S/C23H27FN6O/c1-27-22(29-15-25)30-17-10-12-23(13-11-17,16-6-3-2-4-7-16)14-28-21(31)20-18(24)8-5-9-19(20)26/h2-9,17H,10-14,26H2,1H3,(H,28,31)(H2,27,29,30). The van der Waals surface area contributed by atoms with Crippen molar-refractivity contribution in [3.63, 3.8) is 0 Å². The maximum absolute atomic E-state index is 14.2. The van der Waals surface area contributed by atoms with Gasteiger partial charge in [-0.05, 0) is 43.4 Å². The minimum Gasteiger partial charge on any atom is -0.398 e. The van der Waals surface area contributed by atoms with Crippen LogP contribution in [-0.4, -0.2) is 31.5 Å². The number of guanidine groups is 1. The predicted molar refractivity (Wildman–Crippen MR) is 119 cm³/mol. The molecular formula is C23H27FN6O. The largest absolute Gasteiger partial charge is 0.398 e. The van der Waals surface area contributed by atoms with Gasteiger partial charge < -0.3 is 16.4 Å². The molecule has 5 N–H and O–H groups in total. The van der Waals surface area contributed by atoms with Gasteiger partial charge in [-0.3, -0.25) is 15.1 Å². The van der Waals surface area contributed by atoms with Gasteiger partial charge >= 0.3 is 0 Å². The second-order valence-electron chi connectivity index (χ2n) is 7.76. The smallest absolute Gasteiger partial charge is 0.256 e. The lowest BCUT2D eigenvalue weighted by Gasteiger charge is -2.41. The Bertz CT molecular complexity index is 957. The second kappa shape index (κ2) is 9.94. The van der Waals surface area contributed by atoms with Crippen LogP contribution in [0.1, 0.15) is 41.6 Å². The Morgan fingerprint density at radius 2 is 1.94 bits per heavy atom. The highest BCUT2D eigenvalue weighted by atomic mass is 19.1. The molecule has 3 rings (SSSR count). The summed E-state index contributed by atoms with van der Waals surface area (Å²) < 4.78 is 14.2. The van der Waals surface area contributed by atoms with Crippen LogP contribution in [0.3, 0.4) is 0 Å². The van der Waals surface area contributed by atoms with E-state index in [1.807, 2.05) is 24.4 Å². The highest BCUT2D eigenvalue weighted by Gasteiger charge is 2.37. The highest BCUT2D eigenvalue weighted by molar-refractivity contribution is 5.99.